The van der Waals surface area contributed by atoms with Gasteiger partial charge in [-0.25, -0.2) is 15.0 Å². The van der Waals surface area contributed by atoms with E-state index >= 15 is 0 Å². The van der Waals surface area contributed by atoms with Crippen LogP contribution in [0.5, 0.6) is 0 Å². The van der Waals surface area contributed by atoms with Gasteiger partial charge in [-0.1, -0.05) is 0 Å². The summed E-state index contributed by atoms with van der Waals surface area (Å²) in [7, 11) is 0. The molecule has 0 saturated heterocycles. The molecule has 162 valence electrons. The zero-order valence-electron chi connectivity index (χ0n) is 17.8. The van der Waals surface area contributed by atoms with E-state index in [2.05, 4.69) is 38.8 Å². The van der Waals surface area contributed by atoms with E-state index in [-0.39, 0.29) is 6.10 Å². The Kier molecular flexibility index (Phi) is 5.70. The molecule has 2 fully saturated rings. The summed E-state index contributed by atoms with van der Waals surface area (Å²) in [5, 5.41) is 25.6. The second-order valence-electron chi connectivity index (χ2n) is 8.69. The maximum absolute atomic E-state index is 9.69. The fourth-order valence-electron chi connectivity index (χ4n) is 4.18. The predicted octanol–water partition coefficient (Wildman–Crippen LogP) is 4.75. The molecule has 7 nitrogen and oxygen atoms in total. The lowest BCUT2D eigenvalue weighted by atomic mass is 9.93. The minimum absolute atomic E-state index is 0.159. The van der Waals surface area contributed by atoms with Gasteiger partial charge >= 0.3 is 0 Å². The van der Waals surface area contributed by atoms with Crippen molar-refractivity contribution in [2.75, 3.05) is 10.6 Å². The summed E-state index contributed by atoms with van der Waals surface area (Å²) < 4.78 is 0. The zero-order valence-corrected chi connectivity index (χ0v) is 17.8. The van der Waals surface area contributed by atoms with Gasteiger partial charge in [-0.15, -0.1) is 0 Å². The Morgan fingerprint density at radius 3 is 2.47 bits per heavy atom. The third kappa shape index (κ3) is 4.87. The highest BCUT2D eigenvalue weighted by Crippen LogP contribution is 2.42. The van der Waals surface area contributed by atoms with Gasteiger partial charge in [-0.05, 0) is 86.4 Å². The van der Waals surface area contributed by atoms with Crippen molar-refractivity contribution >= 4 is 17.5 Å². The minimum atomic E-state index is -0.159. The van der Waals surface area contributed by atoms with Crippen molar-refractivity contribution < 1.29 is 5.11 Å². The van der Waals surface area contributed by atoms with Crippen LogP contribution in [0.3, 0.4) is 0 Å². The van der Waals surface area contributed by atoms with E-state index in [0.717, 1.165) is 48.6 Å². The molecular formula is C25H26N6O. The molecule has 3 aromatic heterocycles. The van der Waals surface area contributed by atoms with Crippen LogP contribution in [-0.4, -0.2) is 32.2 Å². The van der Waals surface area contributed by atoms with Gasteiger partial charge in [0, 0.05) is 24.0 Å². The van der Waals surface area contributed by atoms with Crippen molar-refractivity contribution in [1.29, 1.82) is 5.26 Å². The van der Waals surface area contributed by atoms with E-state index in [1.807, 2.05) is 18.3 Å². The summed E-state index contributed by atoms with van der Waals surface area (Å²) in [6.45, 7) is 0. The number of aromatic nitrogens is 3. The van der Waals surface area contributed by atoms with Crippen molar-refractivity contribution in [3.8, 4) is 17.3 Å². The van der Waals surface area contributed by atoms with Crippen LogP contribution in [0.15, 0.2) is 48.8 Å². The molecule has 3 aromatic rings. The van der Waals surface area contributed by atoms with Crippen LogP contribution in [0.4, 0.5) is 17.5 Å². The highest BCUT2D eigenvalue weighted by Gasteiger charge is 2.25. The quantitative estimate of drug-likeness (QED) is 0.522. The largest absolute Gasteiger partial charge is 0.393 e. The van der Waals surface area contributed by atoms with Crippen LogP contribution < -0.4 is 10.6 Å². The lowest BCUT2D eigenvalue weighted by Gasteiger charge is -2.26. The van der Waals surface area contributed by atoms with Gasteiger partial charge in [0.05, 0.1) is 23.4 Å². The maximum Gasteiger partial charge on any atom is 0.132 e. The molecule has 0 aromatic carbocycles. The number of hydrogen-bond acceptors (Lipinski definition) is 7. The molecule has 0 amide bonds. The van der Waals surface area contributed by atoms with Crippen LogP contribution in [0.2, 0.25) is 0 Å². The molecule has 5 rings (SSSR count). The van der Waals surface area contributed by atoms with Crippen molar-refractivity contribution in [3.63, 3.8) is 0 Å². The normalized spacial score (nSPS) is 20.4. The molecule has 0 bridgehead atoms. The lowest BCUT2D eigenvalue weighted by Crippen LogP contribution is -2.28. The summed E-state index contributed by atoms with van der Waals surface area (Å²) in [6, 6.07) is 14.2. The van der Waals surface area contributed by atoms with Gasteiger partial charge in [0.2, 0.25) is 0 Å². The summed E-state index contributed by atoms with van der Waals surface area (Å²) in [5.41, 5.74) is 3.64. The number of pyridine rings is 3. The molecular weight excluding hydrogens is 400 g/mol. The summed E-state index contributed by atoms with van der Waals surface area (Å²) >= 11 is 0. The molecule has 32 heavy (non-hydrogen) atoms. The molecule has 0 aliphatic heterocycles. The van der Waals surface area contributed by atoms with E-state index in [9.17, 15) is 5.11 Å². The highest BCUT2D eigenvalue weighted by molar-refractivity contribution is 5.65. The van der Waals surface area contributed by atoms with Crippen molar-refractivity contribution in [1.82, 2.24) is 15.0 Å². The predicted molar refractivity (Wildman–Crippen MR) is 124 cm³/mol. The first-order valence-electron chi connectivity index (χ1n) is 11.2. The molecule has 0 unspecified atom stereocenters. The standard InChI is InChI=1S/C25H26N6O/c26-14-16-9-10-27-24(11-16)31-25-13-19(17-1-2-17)12-22(30-25)18-3-8-23(28-15-18)29-20-4-6-21(32)7-5-20/h3,8-13,15,17,20-21,32H,1-2,4-7H2,(H,28,29)(H,27,30,31)/t20-,21-. The van der Waals surface area contributed by atoms with E-state index in [1.165, 1.54) is 18.4 Å². The van der Waals surface area contributed by atoms with E-state index in [4.69, 9.17) is 10.2 Å². The van der Waals surface area contributed by atoms with Crippen LogP contribution in [0, 0.1) is 11.3 Å². The molecule has 0 atom stereocenters. The molecule has 7 heteroatoms. The Bertz CT molecular complexity index is 1130. The van der Waals surface area contributed by atoms with E-state index in [1.54, 1.807) is 18.3 Å². The van der Waals surface area contributed by atoms with E-state index in [0.29, 0.717) is 23.3 Å². The number of anilines is 3. The summed E-state index contributed by atoms with van der Waals surface area (Å²) in [5.74, 6) is 2.75. The Morgan fingerprint density at radius 2 is 1.75 bits per heavy atom. The maximum atomic E-state index is 9.69. The second-order valence-corrected chi connectivity index (χ2v) is 8.69. The average Bonchev–Trinajstić information content (AvgIpc) is 3.67. The van der Waals surface area contributed by atoms with Gasteiger partial charge in [-0.3, -0.25) is 0 Å². The second kappa shape index (κ2) is 8.93. The number of aliphatic hydroxyl groups excluding tert-OH is 1. The highest BCUT2D eigenvalue weighted by atomic mass is 16.3. The summed E-state index contributed by atoms with van der Waals surface area (Å²) in [6.07, 6.45) is 9.33. The third-order valence-electron chi connectivity index (χ3n) is 6.15. The van der Waals surface area contributed by atoms with Gasteiger partial charge in [0.1, 0.15) is 17.5 Å². The number of nitriles is 1. The average molecular weight is 427 g/mol. The topological polar surface area (TPSA) is 107 Å². The first kappa shape index (κ1) is 20.4. The molecule has 3 N–H and O–H groups in total. The first-order chi connectivity index (χ1) is 15.7. The zero-order chi connectivity index (χ0) is 21.9. The first-order valence-corrected chi connectivity index (χ1v) is 11.2. The van der Waals surface area contributed by atoms with Crippen molar-refractivity contribution in [2.24, 2.45) is 0 Å². The Hall–Kier alpha value is -3.50. The SMILES string of the molecule is N#Cc1ccnc(Nc2cc(C3CC3)cc(-c3ccc(N[C@H]4CC[C@H](O)CC4)nc3)n2)c1. The van der Waals surface area contributed by atoms with Crippen LogP contribution in [0.25, 0.3) is 11.3 Å². The molecule has 0 radical (unpaired) electrons. The Morgan fingerprint density at radius 1 is 0.906 bits per heavy atom. The number of aliphatic hydroxyl groups is 1. The minimum Gasteiger partial charge on any atom is -0.393 e. The number of hydrogen-bond donors (Lipinski definition) is 3. The number of nitrogens with zero attached hydrogens (tertiary/aromatic N) is 4. The number of rotatable bonds is 6. The Balaban J connectivity index is 1.36. The van der Waals surface area contributed by atoms with Crippen LogP contribution in [-0.2, 0) is 0 Å². The smallest absolute Gasteiger partial charge is 0.132 e. The van der Waals surface area contributed by atoms with Gasteiger partial charge < -0.3 is 15.7 Å². The third-order valence-corrected chi connectivity index (χ3v) is 6.15. The number of nitrogens with one attached hydrogen (secondary N) is 2. The molecule has 2 saturated carbocycles. The molecule has 3 heterocycles. The monoisotopic (exact) mass is 426 g/mol. The fourth-order valence-corrected chi connectivity index (χ4v) is 4.18. The fraction of sp³-hybridized carbons (Fsp3) is 0.360. The molecule has 0 spiro atoms. The molecule has 2 aliphatic carbocycles. The van der Waals surface area contributed by atoms with Gasteiger partial charge in [0.15, 0.2) is 0 Å². The van der Waals surface area contributed by atoms with Gasteiger partial charge in [0.25, 0.3) is 0 Å². The van der Waals surface area contributed by atoms with Crippen LogP contribution >= 0.6 is 0 Å². The van der Waals surface area contributed by atoms with Gasteiger partial charge in [-0.2, -0.15) is 5.26 Å². The summed E-state index contributed by atoms with van der Waals surface area (Å²) in [4.78, 5) is 13.7. The lowest BCUT2D eigenvalue weighted by molar-refractivity contribution is 0.126. The van der Waals surface area contributed by atoms with Crippen molar-refractivity contribution in [3.05, 3.63) is 59.9 Å². The van der Waals surface area contributed by atoms with Crippen LogP contribution in [0.1, 0.15) is 55.6 Å². The van der Waals surface area contributed by atoms with E-state index < -0.39 is 0 Å². The molecule has 2 aliphatic rings. The Labute approximate surface area is 187 Å². The van der Waals surface area contributed by atoms with Crippen molar-refractivity contribution in [2.45, 2.75) is 56.6 Å².